The van der Waals surface area contributed by atoms with Gasteiger partial charge in [0.15, 0.2) is 9.84 Å². The summed E-state index contributed by atoms with van der Waals surface area (Å²) in [4.78, 5) is 0. The van der Waals surface area contributed by atoms with Crippen molar-refractivity contribution in [2.45, 2.75) is 44.8 Å². The lowest BCUT2D eigenvalue weighted by Gasteiger charge is -2.37. The molecule has 2 aliphatic rings. The van der Waals surface area contributed by atoms with Crippen molar-refractivity contribution in [1.29, 1.82) is 0 Å². The zero-order valence-electron chi connectivity index (χ0n) is 11.2. The molecule has 2 atom stereocenters. The summed E-state index contributed by atoms with van der Waals surface area (Å²) >= 11 is 0. The SMILES string of the molecule is CC(C1CCNCC1)C1CCS(=O)(=O)C1(C)C. The molecule has 0 saturated carbocycles. The van der Waals surface area contributed by atoms with Gasteiger partial charge >= 0.3 is 0 Å². The molecule has 0 spiro atoms. The Balaban J connectivity index is 2.12. The van der Waals surface area contributed by atoms with Crippen molar-refractivity contribution >= 4 is 9.84 Å². The zero-order valence-corrected chi connectivity index (χ0v) is 12.0. The monoisotopic (exact) mass is 259 g/mol. The summed E-state index contributed by atoms with van der Waals surface area (Å²) in [5.41, 5.74) is 0. The molecule has 0 bridgehead atoms. The molecule has 2 unspecified atom stereocenters. The first-order chi connectivity index (χ1) is 7.86. The Kier molecular flexibility index (Phi) is 3.56. The average molecular weight is 259 g/mol. The van der Waals surface area contributed by atoms with Crippen LogP contribution in [0.3, 0.4) is 0 Å². The predicted molar refractivity (Wildman–Crippen MR) is 70.7 cm³/mol. The molecule has 2 fully saturated rings. The number of sulfone groups is 1. The average Bonchev–Trinajstić information content (AvgIpc) is 2.49. The van der Waals surface area contributed by atoms with E-state index < -0.39 is 14.6 Å². The number of piperidine rings is 1. The quantitative estimate of drug-likeness (QED) is 0.823. The van der Waals surface area contributed by atoms with E-state index in [9.17, 15) is 8.42 Å². The van der Waals surface area contributed by atoms with Crippen molar-refractivity contribution < 1.29 is 8.42 Å². The molecule has 0 amide bonds. The first-order valence-corrected chi connectivity index (χ1v) is 8.44. The predicted octanol–water partition coefficient (Wildman–Crippen LogP) is 1.84. The summed E-state index contributed by atoms with van der Waals surface area (Å²) in [7, 11) is -2.87. The second kappa shape index (κ2) is 4.54. The second-order valence-electron chi connectivity index (χ2n) is 6.26. The summed E-state index contributed by atoms with van der Waals surface area (Å²) in [5, 5.41) is 3.38. The van der Waals surface area contributed by atoms with Gasteiger partial charge in [-0.15, -0.1) is 0 Å². The fourth-order valence-electron chi connectivity index (χ4n) is 3.72. The highest BCUT2D eigenvalue weighted by atomic mass is 32.2. The van der Waals surface area contributed by atoms with Crippen LogP contribution in [0.4, 0.5) is 0 Å². The fraction of sp³-hybridized carbons (Fsp3) is 1.00. The Morgan fingerprint density at radius 3 is 2.24 bits per heavy atom. The van der Waals surface area contributed by atoms with Gasteiger partial charge in [-0.05, 0) is 64.0 Å². The van der Waals surface area contributed by atoms with E-state index in [4.69, 9.17) is 0 Å². The maximum absolute atomic E-state index is 12.1. The van der Waals surface area contributed by atoms with Gasteiger partial charge in [0.05, 0.1) is 10.5 Å². The van der Waals surface area contributed by atoms with Crippen molar-refractivity contribution in [2.24, 2.45) is 17.8 Å². The molecular formula is C13H25NO2S. The van der Waals surface area contributed by atoms with Gasteiger partial charge < -0.3 is 5.32 Å². The lowest BCUT2D eigenvalue weighted by atomic mass is 9.72. The van der Waals surface area contributed by atoms with Crippen LogP contribution in [0.2, 0.25) is 0 Å². The largest absolute Gasteiger partial charge is 0.317 e. The van der Waals surface area contributed by atoms with Gasteiger partial charge in [-0.2, -0.15) is 0 Å². The van der Waals surface area contributed by atoms with E-state index >= 15 is 0 Å². The molecule has 17 heavy (non-hydrogen) atoms. The highest BCUT2D eigenvalue weighted by Gasteiger charge is 2.50. The summed E-state index contributed by atoms with van der Waals surface area (Å²) in [6, 6.07) is 0. The van der Waals surface area contributed by atoms with Crippen molar-refractivity contribution in [1.82, 2.24) is 5.32 Å². The standard InChI is InChI=1S/C13H25NO2S/c1-10(11-4-7-14-8-5-11)12-6-9-17(15,16)13(12,2)3/h10-12,14H,4-9H2,1-3H3. The molecule has 0 radical (unpaired) electrons. The Hall–Kier alpha value is -0.0900. The summed E-state index contributed by atoms with van der Waals surface area (Å²) in [6.07, 6.45) is 3.27. The molecule has 2 saturated heterocycles. The van der Waals surface area contributed by atoms with Crippen LogP contribution >= 0.6 is 0 Å². The lowest BCUT2D eigenvalue weighted by molar-refractivity contribution is 0.178. The third kappa shape index (κ3) is 2.26. The molecule has 0 aromatic rings. The number of hydrogen-bond acceptors (Lipinski definition) is 3. The van der Waals surface area contributed by atoms with Gasteiger partial charge in [-0.1, -0.05) is 6.92 Å². The van der Waals surface area contributed by atoms with Crippen LogP contribution in [0.15, 0.2) is 0 Å². The third-order valence-corrected chi connectivity index (χ3v) is 7.83. The molecule has 1 N–H and O–H groups in total. The number of hydrogen-bond donors (Lipinski definition) is 1. The van der Waals surface area contributed by atoms with Crippen LogP contribution < -0.4 is 5.32 Å². The molecule has 0 aromatic carbocycles. The molecule has 2 rings (SSSR count). The minimum Gasteiger partial charge on any atom is -0.317 e. The van der Waals surface area contributed by atoms with E-state index in [1.807, 2.05) is 13.8 Å². The van der Waals surface area contributed by atoms with Gasteiger partial charge in [-0.25, -0.2) is 8.42 Å². The van der Waals surface area contributed by atoms with Crippen molar-refractivity contribution in [3.63, 3.8) is 0 Å². The van der Waals surface area contributed by atoms with Crippen LogP contribution in [0.25, 0.3) is 0 Å². The van der Waals surface area contributed by atoms with Gasteiger partial charge in [0, 0.05) is 0 Å². The number of nitrogens with one attached hydrogen (secondary N) is 1. The molecule has 2 aliphatic heterocycles. The van der Waals surface area contributed by atoms with Crippen LogP contribution in [-0.4, -0.2) is 32.0 Å². The molecule has 0 aromatic heterocycles. The van der Waals surface area contributed by atoms with E-state index in [2.05, 4.69) is 12.2 Å². The maximum Gasteiger partial charge on any atom is 0.155 e. The first-order valence-electron chi connectivity index (χ1n) is 6.79. The topological polar surface area (TPSA) is 46.2 Å². The van der Waals surface area contributed by atoms with Crippen molar-refractivity contribution in [2.75, 3.05) is 18.8 Å². The van der Waals surface area contributed by atoms with Crippen LogP contribution in [0.1, 0.15) is 40.0 Å². The highest BCUT2D eigenvalue weighted by molar-refractivity contribution is 7.93. The summed E-state index contributed by atoms with van der Waals surface area (Å²) < 4.78 is 23.6. The molecule has 4 heteroatoms. The zero-order chi connectivity index (χ0) is 12.7. The summed E-state index contributed by atoms with van der Waals surface area (Å²) in [5.74, 6) is 1.97. The minimum atomic E-state index is -2.87. The van der Waals surface area contributed by atoms with Crippen molar-refractivity contribution in [3.8, 4) is 0 Å². The van der Waals surface area contributed by atoms with Crippen LogP contribution in [0, 0.1) is 17.8 Å². The maximum atomic E-state index is 12.1. The Morgan fingerprint density at radius 2 is 1.76 bits per heavy atom. The van der Waals surface area contributed by atoms with E-state index in [1.165, 1.54) is 12.8 Å². The molecule has 100 valence electrons. The second-order valence-corrected chi connectivity index (χ2v) is 8.95. The van der Waals surface area contributed by atoms with E-state index in [1.54, 1.807) is 0 Å². The Morgan fingerprint density at radius 1 is 1.18 bits per heavy atom. The van der Waals surface area contributed by atoms with Crippen LogP contribution in [-0.2, 0) is 9.84 Å². The third-order valence-electron chi connectivity index (χ3n) is 5.15. The van der Waals surface area contributed by atoms with Gasteiger partial charge in [-0.3, -0.25) is 0 Å². The first kappa shape index (κ1) is 13.3. The molecule has 2 heterocycles. The van der Waals surface area contributed by atoms with Gasteiger partial charge in [0.1, 0.15) is 0 Å². The normalized spacial score (nSPS) is 34.6. The van der Waals surface area contributed by atoms with E-state index in [0.29, 0.717) is 23.5 Å². The summed E-state index contributed by atoms with van der Waals surface area (Å²) in [6.45, 7) is 8.31. The van der Waals surface area contributed by atoms with Crippen LogP contribution in [0.5, 0.6) is 0 Å². The Labute approximate surface area is 105 Å². The van der Waals surface area contributed by atoms with E-state index in [0.717, 1.165) is 19.5 Å². The van der Waals surface area contributed by atoms with Gasteiger partial charge in [0.25, 0.3) is 0 Å². The molecule has 0 aliphatic carbocycles. The van der Waals surface area contributed by atoms with Gasteiger partial charge in [0.2, 0.25) is 0 Å². The molecule has 3 nitrogen and oxygen atoms in total. The fourth-order valence-corrected chi connectivity index (χ4v) is 5.60. The highest BCUT2D eigenvalue weighted by Crippen LogP contribution is 2.45. The smallest absolute Gasteiger partial charge is 0.155 e. The Bertz CT molecular complexity index is 369. The molecular weight excluding hydrogens is 234 g/mol. The van der Waals surface area contributed by atoms with Crippen molar-refractivity contribution in [3.05, 3.63) is 0 Å². The number of rotatable bonds is 2. The minimum absolute atomic E-state index is 0.343. The lowest BCUT2D eigenvalue weighted by Crippen LogP contribution is -2.41. The van der Waals surface area contributed by atoms with E-state index in [-0.39, 0.29) is 0 Å².